The van der Waals surface area contributed by atoms with Gasteiger partial charge in [0.25, 0.3) is 5.69 Å². The Labute approximate surface area is 125 Å². The summed E-state index contributed by atoms with van der Waals surface area (Å²) in [5.74, 6) is 0.0124. The maximum atomic E-state index is 11.8. The van der Waals surface area contributed by atoms with Gasteiger partial charge in [0.1, 0.15) is 0 Å². The van der Waals surface area contributed by atoms with Crippen LogP contribution in [0.5, 0.6) is 0 Å². The minimum atomic E-state index is -0.424. The van der Waals surface area contributed by atoms with Crippen LogP contribution < -0.4 is 5.32 Å². The molecule has 1 N–H and O–H groups in total. The first-order valence-electron chi connectivity index (χ1n) is 5.95. The average Bonchev–Trinajstić information content (AvgIpc) is 2.37. The first-order chi connectivity index (χ1) is 8.99. The Kier molecular flexibility index (Phi) is 6.00. The zero-order valence-electron chi connectivity index (χ0n) is 10.9. The second kappa shape index (κ2) is 7.27. The summed E-state index contributed by atoms with van der Waals surface area (Å²) in [5, 5.41) is 13.7. The first-order valence-corrected chi connectivity index (χ1v) is 7.03. The maximum absolute atomic E-state index is 11.8. The number of nitro groups is 1. The van der Waals surface area contributed by atoms with Gasteiger partial charge in [-0.05, 0) is 48.6 Å². The fourth-order valence-corrected chi connectivity index (χ4v) is 2.34. The predicted molar refractivity (Wildman–Crippen MR) is 82.2 cm³/mol. The van der Waals surface area contributed by atoms with E-state index in [4.69, 9.17) is 0 Å². The number of amides is 1. The molecule has 0 radical (unpaired) electrons. The van der Waals surface area contributed by atoms with Gasteiger partial charge in [-0.15, -0.1) is 0 Å². The molecule has 0 aromatic heterocycles. The van der Waals surface area contributed by atoms with Crippen LogP contribution in [0.3, 0.4) is 0 Å². The van der Waals surface area contributed by atoms with E-state index in [1.165, 1.54) is 6.07 Å². The topological polar surface area (TPSA) is 75.5 Å². The van der Waals surface area contributed by atoms with Crippen LogP contribution in [-0.2, 0) is 4.79 Å². The summed E-state index contributed by atoms with van der Waals surface area (Å²) in [4.78, 5) is 23.8. The summed E-state index contributed by atoms with van der Waals surface area (Å²) in [6, 6.07) is 4.70. The van der Waals surface area contributed by atoms with Crippen molar-refractivity contribution >= 4 is 39.9 Å². The van der Waals surface area contributed by atoms with Gasteiger partial charge in [0.15, 0.2) is 0 Å². The highest BCUT2D eigenvalue weighted by atomic mass is 127. The Morgan fingerprint density at radius 2 is 2.05 bits per heavy atom. The lowest BCUT2D eigenvalue weighted by atomic mass is 10.3. The fraction of sp³-hybridized carbons (Fsp3) is 0.417. The number of nitrogens with zero attached hydrogens (tertiary/aromatic N) is 2. The molecular formula is C12H16IN3O3. The number of nitro benzene ring substituents is 1. The van der Waals surface area contributed by atoms with E-state index in [1.54, 1.807) is 17.0 Å². The van der Waals surface area contributed by atoms with Gasteiger partial charge >= 0.3 is 0 Å². The Balaban J connectivity index is 2.66. The van der Waals surface area contributed by atoms with Gasteiger partial charge < -0.3 is 10.2 Å². The van der Waals surface area contributed by atoms with E-state index in [1.807, 2.05) is 36.4 Å². The largest absolute Gasteiger partial charge is 0.376 e. The van der Waals surface area contributed by atoms with Crippen molar-refractivity contribution in [2.75, 3.05) is 25.0 Å². The summed E-state index contributed by atoms with van der Waals surface area (Å²) in [7, 11) is 0. The summed E-state index contributed by atoms with van der Waals surface area (Å²) in [6.07, 6.45) is 0. The van der Waals surface area contributed by atoms with Crippen LogP contribution in [-0.4, -0.2) is 35.4 Å². The number of rotatable bonds is 6. The van der Waals surface area contributed by atoms with Crippen molar-refractivity contribution in [2.45, 2.75) is 13.8 Å². The molecule has 0 spiro atoms. The number of hydrogen-bond acceptors (Lipinski definition) is 4. The van der Waals surface area contributed by atoms with Gasteiger partial charge in [-0.1, -0.05) is 0 Å². The van der Waals surface area contributed by atoms with E-state index in [0.29, 0.717) is 22.3 Å². The van der Waals surface area contributed by atoms with Crippen molar-refractivity contribution in [3.05, 3.63) is 31.9 Å². The minimum Gasteiger partial charge on any atom is -0.376 e. The SMILES string of the molecule is CCN(CC)C(=O)CNc1ccc([N+](=O)[O-])c(I)c1. The summed E-state index contributed by atoms with van der Waals surface area (Å²) in [6.45, 7) is 5.39. The number of likely N-dealkylation sites (N-methyl/N-ethyl adjacent to an activating group) is 1. The van der Waals surface area contributed by atoms with Crippen LogP contribution in [0.4, 0.5) is 11.4 Å². The molecule has 0 saturated heterocycles. The molecule has 6 nitrogen and oxygen atoms in total. The highest BCUT2D eigenvalue weighted by Gasteiger charge is 2.13. The van der Waals surface area contributed by atoms with Crippen molar-refractivity contribution in [1.29, 1.82) is 0 Å². The molecule has 0 bridgehead atoms. The first kappa shape index (κ1) is 15.7. The number of nitrogens with one attached hydrogen (secondary N) is 1. The van der Waals surface area contributed by atoms with Crippen molar-refractivity contribution in [3.63, 3.8) is 0 Å². The molecule has 0 aliphatic carbocycles. The molecule has 7 heteroatoms. The molecule has 1 aromatic rings. The third-order valence-corrected chi connectivity index (χ3v) is 3.57. The van der Waals surface area contributed by atoms with E-state index in [2.05, 4.69) is 5.32 Å². The van der Waals surface area contributed by atoms with Gasteiger partial charge in [0, 0.05) is 24.8 Å². The van der Waals surface area contributed by atoms with Gasteiger partial charge in [0.05, 0.1) is 15.0 Å². The highest BCUT2D eigenvalue weighted by Crippen LogP contribution is 2.23. The lowest BCUT2D eigenvalue weighted by Crippen LogP contribution is -2.35. The molecule has 1 rings (SSSR count). The van der Waals surface area contributed by atoms with Gasteiger partial charge in [-0.25, -0.2) is 0 Å². The van der Waals surface area contributed by atoms with E-state index in [9.17, 15) is 14.9 Å². The summed E-state index contributed by atoms with van der Waals surface area (Å²) in [5.41, 5.74) is 0.775. The molecule has 0 heterocycles. The number of carbonyl (C=O) groups is 1. The van der Waals surface area contributed by atoms with Crippen LogP contribution in [0.25, 0.3) is 0 Å². The molecular weight excluding hydrogens is 361 g/mol. The van der Waals surface area contributed by atoms with Crippen molar-refractivity contribution in [1.82, 2.24) is 4.90 Å². The molecule has 0 fully saturated rings. The van der Waals surface area contributed by atoms with E-state index in [-0.39, 0.29) is 18.1 Å². The van der Waals surface area contributed by atoms with Crippen LogP contribution in [0.1, 0.15) is 13.8 Å². The molecule has 0 saturated carbocycles. The number of halogens is 1. The lowest BCUT2D eigenvalue weighted by Gasteiger charge is -2.19. The predicted octanol–water partition coefficient (Wildman–Crippen LogP) is 2.48. The fourth-order valence-electron chi connectivity index (χ4n) is 1.63. The zero-order valence-corrected chi connectivity index (χ0v) is 13.0. The van der Waals surface area contributed by atoms with Gasteiger partial charge in [-0.3, -0.25) is 14.9 Å². The third kappa shape index (κ3) is 4.34. The van der Waals surface area contributed by atoms with Gasteiger partial charge in [-0.2, -0.15) is 0 Å². The quantitative estimate of drug-likeness (QED) is 0.470. The molecule has 0 aliphatic heterocycles. The van der Waals surface area contributed by atoms with Crippen molar-refractivity contribution < 1.29 is 9.72 Å². The molecule has 104 valence electrons. The Hall–Kier alpha value is -1.38. The van der Waals surface area contributed by atoms with Crippen LogP contribution in [0.15, 0.2) is 18.2 Å². The second-order valence-corrected chi connectivity index (χ2v) is 5.01. The van der Waals surface area contributed by atoms with E-state index in [0.717, 1.165) is 0 Å². The summed E-state index contributed by atoms with van der Waals surface area (Å²) >= 11 is 1.91. The average molecular weight is 377 g/mol. The third-order valence-electron chi connectivity index (χ3n) is 2.70. The zero-order chi connectivity index (χ0) is 14.4. The second-order valence-electron chi connectivity index (χ2n) is 3.84. The number of carbonyl (C=O) groups excluding carboxylic acids is 1. The number of anilines is 1. The molecule has 19 heavy (non-hydrogen) atoms. The molecule has 0 aliphatic rings. The monoisotopic (exact) mass is 377 g/mol. The standard InChI is InChI=1S/C12H16IN3O3/c1-3-15(4-2)12(17)8-14-9-5-6-11(16(18)19)10(13)7-9/h5-7,14H,3-4,8H2,1-2H3. The molecule has 1 amide bonds. The molecule has 0 unspecified atom stereocenters. The Morgan fingerprint density at radius 1 is 1.42 bits per heavy atom. The Morgan fingerprint density at radius 3 is 2.53 bits per heavy atom. The minimum absolute atomic E-state index is 0.0124. The molecule has 1 aromatic carbocycles. The normalized spacial score (nSPS) is 10.1. The van der Waals surface area contributed by atoms with Crippen LogP contribution in [0.2, 0.25) is 0 Å². The number of hydrogen-bond donors (Lipinski definition) is 1. The summed E-state index contributed by atoms with van der Waals surface area (Å²) < 4.78 is 0.544. The van der Waals surface area contributed by atoms with E-state index < -0.39 is 4.92 Å². The maximum Gasteiger partial charge on any atom is 0.282 e. The van der Waals surface area contributed by atoms with Crippen LogP contribution >= 0.6 is 22.6 Å². The van der Waals surface area contributed by atoms with Gasteiger partial charge in [0.2, 0.25) is 5.91 Å². The number of benzene rings is 1. The van der Waals surface area contributed by atoms with Crippen molar-refractivity contribution in [2.24, 2.45) is 0 Å². The Bertz CT molecular complexity index is 475. The van der Waals surface area contributed by atoms with Crippen molar-refractivity contribution in [3.8, 4) is 0 Å². The van der Waals surface area contributed by atoms with Crippen LogP contribution in [0, 0.1) is 13.7 Å². The smallest absolute Gasteiger partial charge is 0.282 e. The lowest BCUT2D eigenvalue weighted by molar-refractivity contribution is -0.385. The highest BCUT2D eigenvalue weighted by molar-refractivity contribution is 14.1. The molecule has 0 atom stereocenters. The van der Waals surface area contributed by atoms with E-state index >= 15 is 0 Å².